The van der Waals surface area contributed by atoms with Crippen molar-refractivity contribution in [2.75, 3.05) is 0 Å². The van der Waals surface area contributed by atoms with E-state index >= 15 is 0 Å². The first-order chi connectivity index (χ1) is 20.8. The number of aryl methyl sites for hydroxylation is 2. The van der Waals surface area contributed by atoms with E-state index in [4.69, 9.17) is 0 Å². The molecule has 4 nitrogen and oxygen atoms in total. The molecule has 0 aliphatic carbocycles. The number of imidazole rings is 2. The molecule has 1 aromatic carbocycles. The molecule has 3 rings (SSSR count). The minimum absolute atomic E-state index is 0.934. The predicted octanol–water partition coefficient (Wildman–Crippen LogP) is 9.80. The smallest absolute Gasteiger partial charge is 0.237 e. The standard InChI is InChI=1S/C38H64N4/c1-3-5-7-9-11-13-15-17-19-21-26-39-28-30-41(35-39)33-37-24-23-25-38(32-37)34-42-31-29-40(36-42)27-22-20-18-16-14-12-10-8-6-4-2/h23-25,28-32,35-36H,3-22,26-27,33-34H2,1-2H3/q+2. The first kappa shape index (κ1) is 34.1. The summed E-state index contributed by atoms with van der Waals surface area (Å²) in [4.78, 5) is 0. The molecular weight excluding hydrogens is 512 g/mol. The monoisotopic (exact) mass is 577 g/mol. The molecule has 0 saturated carbocycles. The Morgan fingerprint density at radius 3 is 1.21 bits per heavy atom. The molecular formula is C38H64N4+2. The van der Waals surface area contributed by atoms with Crippen molar-refractivity contribution in [3.05, 3.63) is 72.8 Å². The van der Waals surface area contributed by atoms with Gasteiger partial charge in [0.1, 0.15) is 37.9 Å². The number of nitrogens with zero attached hydrogens (tertiary/aromatic N) is 4. The molecule has 0 N–H and O–H groups in total. The zero-order valence-corrected chi connectivity index (χ0v) is 27.5. The summed E-state index contributed by atoms with van der Waals surface area (Å²) in [5, 5.41) is 0. The average molecular weight is 577 g/mol. The van der Waals surface area contributed by atoms with Crippen LogP contribution in [0.15, 0.2) is 61.7 Å². The number of unbranched alkanes of at least 4 members (excludes halogenated alkanes) is 18. The first-order valence-corrected chi connectivity index (χ1v) is 17.9. The van der Waals surface area contributed by atoms with Gasteiger partial charge in [0, 0.05) is 0 Å². The lowest BCUT2D eigenvalue weighted by atomic mass is 10.1. The van der Waals surface area contributed by atoms with Gasteiger partial charge in [-0.05, 0) is 42.9 Å². The Hall–Kier alpha value is -2.36. The van der Waals surface area contributed by atoms with Gasteiger partial charge in [-0.25, -0.2) is 18.3 Å². The van der Waals surface area contributed by atoms with Gasteiger partial charge in [-0.15, -0.1) is 0 Å². The number of benzene rings is 1. The van der Waals surface area contributed by atoms with Gasteiger partial charge in [0.25, 0.3) is 0 Å². The fourth-order valence-corrected chi connectivity index (χ4v) is 6.14. The Balaban J connectivity index is 1.28. The van der Waals surface area contributed by atoms with Crippen LogP contribution >= 0.6 is 0 Å². The molecule has 0 amide bonds. The van der Waals surface area contributed by atoms with Crippen LogP contribution < -0.4 is 9.13 Å². The molecule has 0 atom stereocenters. The minimum Gasteiger partial charge on any atom is -0.237 e. The normalized spacial score (nSPS) is 11.5. The number of hydrogen-bond acceptors (Lipinski definition) is 0. The number of aromatic nitrogens is 4. The second kappa shape index (κ2) is 22.2. The molecule has 0 unspecified atom stereocenters. The Bertz CT molecular complexity index is 969. The summed E-state index contributed by atoms with van der Waals surface area (Å²) < 4.78 is 9.38. The second-order valence-electron chi connectivity index (χ2n) is 12.8. The van der Waals surface area contributed by atoms with Crippen LogP contribution in [0, 0.1) is 0 Å². The van der Waals surface area contributed by atoms with Crippen LogP contribution in [0.4, 0.5) is 0 Å². The molecule has 0 aliphatic rings. The van der Waals surface area contributed by atoms with Crippen molar-refractivity contribution in [3.63, 3.8) is 0 Å². The van der Waals surface area contributed by atoms with Gasteiger partial charge in [-0.3, -0.25) is 0 Å². The molecule has 2 aromatic heterocycles. The van der Waals surface area contributed by atoms with Gasteiger partial charge < -0.3 is 0 Å². The maximum Gasteiger partial charge on any atom is 0.244 e. The van der Waals surface area contributed by atoms with Gasteiger partial charge in [0.15, 0.2) is 0 Å². The van der Waals surface area contributed by atoms with Crippen LogP contribution in [0.2, 0.25) is 0 Å². The summed E-state index contributed by atoms with van der Waals surface area (Å²) in [7, 11) is 0. The van der Waals surface area contributed by atoms with Gasteiger partial charge in [0.2, 0.25) is 12.7 Å². The fourth-order valence-electron chi connectivity index (χ4n) is 6.14. The summed E-state index contributed by atoms with van der Waals surface area (Å²) in [5.41, 5.74) is 2.75. The SMILES string of the molecule is CCCCCCCCCCCCn1cc[n+](Cc2cccc(C[n+]3ccn(CCCCCCCCCCCC)c3)c2)c1. The summed E-state index contributed by atoms with van der Waals surface area (Å²) in [6.07, 6.45) is 41.4. The molecule has 2 heterocycles. The van der Waals surface area contributed by atoms with Crippen molar-refractivity contribution in [1.82, 2.24) is 9.13 Å². The molecule has 42 heavy (non-hydrogen) atoms. The lowest BCUT2D eigenvalue weighted by molar-refractivity contribution is -0.688. The third-order valence-corrected chi connectivity index (χ3v) is 8.75. The minimum atomic E-state index is 0.934. The van der Waals surface area contributed by atoms with E-state index in [0.29, 0.717) is 0 Å². The van der Waals surface area contributed by atoms with Gasteiger partial charge in [-0.1, -0.05) is 135 Å². The third kappa shape index (κ3) is 15.2. The molecule has 4 heteroatoms. The van der Waals surface area contributed by atoms with E-state index in [1.54, 1.807) is 0 Å². The van der Waals surface area contributed by atoms with E-state index in [-0.39, 0.29) is 0 Å². The third-order valence-electron chi connectivity index (χ3n) is 8.75. The summed E-state index contributed by atoms with van der Waals surface area (Å²) in [5.74, 6) is 0. The molecule has 0 spiro atoms. The first-order valence-electron chi connectivity index (χ1n) is 17.9. The van der Waals surface area contributed by atoms with Crippen molar-refractivity contribution < 1.29 is 9.13 Å². The quantitative estimate of drug-likeness (QED) is 0.0668. The lowest BCUT2D eigenvalue weighted by Gasteiger charge is -2.03. The number of rotatable bonds is 26. The summed E-state index contributed by atoms with van der Waals surface area (Å²) >= 11 is 0. The summed E-state index contributed by atoms with van der Waals surface area (Å²) in [6, 6.07) is 9.11. The highest BCUT2D eigenvalue weighted by molar-refractivity contribution is 5.22. The maximum absolute atomic E-state index is 2.37. The average Bonchev–Trinajstić information content (AvgIpc) is 3.64. The van der Waals surface area contributed by atoms with Crippen molar-refractivity contribution in [2.24, 2.45) is 0 Å². The van der Waals surface area contributed by atoms with E-state index in [9.17, 15) is 0 Å². The second-order valence-corrected chi connectivity index (χ2v) is 12.8. The van der Waals surface area contributed by atoms with Crippen LogP contribution in [0.5, 0.6) is 0 Å². The molecule has 0 bridgehead atoms. The topological polar surface area (TPSA) is 17.6 Å². The van der Waals surface area contributed by atoms with Crippen LogP contribution in [-0.2, 0) is 26.2 Å². The van der Waals surface area contributed by atoms with Crippen LogP contribution in [0.25, 0.3) is 0 Å². The molecule has 0 aliphatic heterocycles. The zero-order chi connectivity index (χ0) is 29.5. The lowest BCUT2D eigenvalue weighted by Crippen LogP contribution is -2.33. The van der Waals surface area contributed by atoms with Gasteiger partial charge >= 0.3 is 0 Å². The predicted molar refractivity (Wildman–Crippen MR) is 178 cm³/mol. The van der Waals surface area contributed by atoms with Crippen molar-refractivity contribution in [1.29, 1.82) is 0 Å². The molecule has 234 valence electrons. The Morgan fingerprint density at radius 1 is 0.476 bits per heavy atom. The van der Waals surface area contributed by atoms with Gasteiger partial charge in [-0.2, -0.15) is 0 Å². The molecule has 0 radical (unpaired) electrons. The van der Waals surface area contributed by atoms with E-state index in [2.05, 4.69) is 93.8 Å². The highest BCUT2D eigenvalue weighted by Crippen LogP contribution is 2.12. The largest absolute Gasteiger partial charge is 0.244 e. The number of hydrogen-bond donors (Lipinski definition) is 0. The van der Waals surface area contributed by atoms with Crippen molar-refractivity contribution in [3.8, 4) is 0 Å². The fraction of sp³-hybridized carbons (Fsp3) is 0.684. The van der Waals surface area contributed by atoms with Crippen molar-refractivity contribution in [2.45, 2.75) is 168 Å². The van der Waals surface area contributed by atoms with E-state index < -0.39 is 0 Å². The highest BCUT2D eigenvalue weighted by atomic mass is 15.1. The molecule has 0 saturated heterocycles. The van der Waals surface area contributed by atoms with Crippen LogP contribution in [0.3, 0.4) is 0 Å². The Morgan fingerprint density at radius 2 is 0.833 bits per heavy atom. The van der Waals surface area contributed by atoms with E-state index in [0.717, 1.165) is 26.2 Å². The van der Waals surface area contributed by atoms with Crippen molar-refractivity contribution >= 4 is 0 Å². The van der Waals surface area contributed by atoms with E-state index in [1.165, 1.54) is 140 Å². The van der Waals surface area contributed by atoms with Crippen LogP contribution in [-0.4, -0.2) is 9.13 Å². The summed E-state index contributed by atoms with van der Waals surface area (Å²) in [6.45, 7) is 8.73. The van der Waals surface area contributed by atoms with Gasteiger partial charge in [0.05, 0.1) is 13.1 Å². The molecule has 3 aromatic rings. The highest BCUT2D eigenvalue weighted by Gasteiger charge is 2.08. The maximum atomic E-state index is 2.37. The van der Waals surface area contributed by atoms with Crippen LogP contribution in [0.1, 0.15) is 153 Å². The Labute approximate surface area is 259 Å². The molecule has 0 fully saturated rings. The zero-order valence-electron chi connectivity index (χ0n) is 27.5. The van der Waals surface area contributed by atoms with E-state index in [1.807, 2.05) is 0 Å². The Kier molecular flexibility index (Phi) is 18.1.